The zero-order chi connectivity index (χ0) is 16.1. The highest BCUT2D eigenvalue weighted by molar-refractivity contribution is 5.80. The van der Waals surface area contributed by atoms with Gasteiger partial charge in [-0.2, -0.15) is 0 Å². The van der Waals surface area contributed by atoms with Crippen molar-refractivity contribution in [3.63, 3.8) is 0 Å². The minimum absolute atomic E-state index is 0.167. The number of carbonyl (C=O) groups excluding carboxylic acids is 1. The van der Waals surface area contributed by atoms with Crippen LogP contribution < -0.4 is 11.1 Å². The summed E-state index contributed by atoms with van der Waals surface area (Å²) in [7, 11) is 0. The van der Waals surface area contributed by atoms with Crippen molar-refractivity contribution < 1.29 is 9.18 Å². The predicted molar refractivity (Wildman–Crippen MR) is 78.4 cm³/mol. The van der Waals surface area contributed by atoms with Gasteiger partial charge in [0, 0.05) is 19.0 Å². The number of nitrogens with one attached hydrogen (secondary N) is 1. The molecule has 3 N–H and O–H groups in total. The molecule has 0 bridgehead atoms. The second-order valence-electron chi connectivity index (χ2n) is 5.17. The minimum atomic E-state index is -0.661. The molecule has 8 heteroatoms. The van der Waals surface area contributed by atoms with E-state index in [9.17, 15) is 9.18 Å². The molecule has 1 aromatic heterocycles. The molecule has 1 heterocycles. The zero-order valence-corrected chi connectivity index (χ0v) is 12.5. The van der Waals surface area contributed by atoms with E-state index in [2.05, 4.69) is 20.8 Å². The van der Waals surface area contributed by atoms with Crippen LogP contribution in [0.15, 0.2) is 24.3 Å². The summed E-state index contributed by atoms with van der Waals surface area (Å²) in [5, 5.41) is 14.0. The van der Waals surface area contributed by atoms with E-state index in [1.54, 1.807) is 19.1 Å². The van der Waals surface area contributed by atoms with Crippen LogP contribution in [0.5, 0.6) is 0 Å². The van der Waals surface area contributed by atoms with Gasteiger partial charge >= 0.3 is 0 Å². The number of rotatable bonds is 6. The maximum absolute atomic E-state index is 13.3. The SMILES string of the molecule is Cc1nnnn1C(Cc1cccc(F)c1)C(=O)N[C@@H](C)CN. The molecule has 0 aliphatic rings. The van der Waals surface area contributed by atoms with Crippen LogP contribution in [0.4, 0.5) is 4.39 Å². The molecule has 22 heavy (non-hydrogen) atoms. The van der Waals surface area contributed by atoms with Crippen LogP contribution in [0.2, 0.25) is 0 Å². The van der Waals surface area contributed by atoms with Gasteiger partial charge < -0.3 is 11.1 Å². The number of hydrogen-bond acceptors (Lipinski definition) is 5. The molecule has 0 aliphatic carbocycles. The average molecular weight is 306 g/mol. The molecule has 1 unspecified atom stereocenters. The molecule has 0 saturated carbocycles. The lowest BCUT2D eigenvalue weighted by Gasteiger charge is -2.20. The molecule has 118 valence electrons. The van der Waals surface area contributed by atoms with Gasteiger partial charge in [0.2, 0.25) is 5.91 Å². The van der Waals surface area contributed by atoms with Crippen molar-refractivity contribution in [2.75, 3.05) is 6.54 Å². The molecule has 0 fully saturated rings. The number of amides is 1. The molecule has 2 atom stereocenters. The van der Waals surface area contributed by atoms with Crippen LogP contribution in [-0.2, 0) is 11.2 Å². The molecule has 0 radical (unpaired) electrons. The summed E-state index contributed by atoms with van der Waals surface area (Å²) in [6.45, 7) is 3.84. The average Bonchev–Trinajstić information content (AvgIpc) is 2.90. The summed E-state index contributed by atoms with van der Waals surface area (Å²) < 4.78 is 14.8. The molecular weight excluding hydrogens is 287 g/mol. The summed E-state index contributed by atoms with van der Waals surface area (Å²) >= 11 is 0. The maximum Gasteiger partial charge on any atom is 0.245 e. The molecule has 7 nitrogen and oxygen atoms in total. The molecule has 0 saturated heterocycles. The molecule has 2 aromatic rings. The first-order chi connectivity index (χ1) is 10.5. The van der Waals surface area contributed by atoms with Crippen LogP contribution >= 0.6 is 0 Å². The van der Waals surface area contributed by atoms with Crippen LogP contribution in [0.3, 0.4) is 0 Å². The number of aromatic nitrogens is 4. The summed E-state index contributed by atoms with van der Waals surface area (Å²) in [5.41, 5.74) is 6.22. The Morgan fingerprint density at radius 3 is 2.86 bits per heavy atom. The second-order valence-corrected chi connectivity index (χ2v) is 5.17. The van der Waals surface area contributed by atoms with Crippen molar-refractivity contribution in [2.24, 2.45) is 5.73 Å². The Kier molecular flexibility index (Phi) is 5.16. The van der Waals surface area contributed by atoms with E-state index >= 15 is 0 Å². The van der Waals surface area contributed by atoms with Gasteiger partial charge in [0.1, 0.15) is 17.7 Å². The van der Waals surface area contributed by atoms with Gasteiger partial charge in [0.25, 0.3) is 0 Å². The van der Waals surface area contributed by atoms with Gasteiger partial charge in [-0.1, -0.05) is 12.1 Å². The smallest absolute Gasteiger partial charge is 0.245 e. The summed E-state index contributed by atoms with van der Waals surface area (Å²) in [6.07, 6.45) is 0.284. The number of hydrogen-bond donors (Lipinski definition) is 2. The molecular formula is C14H19FN6O. The van der Waals surface area contributed by atoms with Crippen LogP contribution in [0.1, 0.15) is 24.4 Å². The summed E-state index contributed by atoms with van der Waals surface area (Å²) in [5.74, 6) is -0.0880. The molecule has 1 amide bonds. The van der Waals surface area contributed by atoms with Crippen molar-refractivity contribution >= 4 is 5.91 Å². The standard InChI is InChI=1S/C14H19FN6O/c1-9(8-16)17-14(22)13(21-10(2)18-19-20-21)7-11-4-3-5-12(15)6-11/h3-6,9,13H,7-8,16H2,1-2H3,(H,17,22)/t9-,13?/m0/s1. The molecule has 2 rings (SSSR count). The fraction of sp³-hybridized carbons (Fsp3) is 0.429. The summed E-state index contributed by atoms with van der Waals surface area (Å²) in [4.78, 5) is 12.5. The second kappa shape index (κ2) is 7.08. The summed E-state index contributed by atoms with van der Waals surface area (Å²) in [6, 6.07) is 5.29. The van der Waals surface area contributed by atoms with Gasteiger partial charge in [-0.15, -0.1) is 5.10 Å². The first kappa shape index (κ1) is 16.0. The normalized spacial score (nSPS) is 13.6. The van der Waals surface area contributed by atoms with E-state index in [0.29, 0.717) is 17.9 Å². The van der Waals surface area contributed by atoms with E-state index in [0.717, 1.165) is 0 Å². The number of carbonyl (C=O) groups is 1. The number of aryl methyl sites for hydroxylation is 1. The highest BCUT2D eigenvalue weighted by Crippen LogP contribution is 2.16. The van der Waals surface area contributed by atoms with Crippen molar-refractivity contribution in [3.05, 3.63) is 41.5 Å². The fourth-order valence-electron chi connectivity index (χ4n) is 2.10. The quantitative estimate of drug-likeness (QED) is 0.803. The van der Waals surface area contributed by atoms with Crippen molar-refractivity contribution in [2.45, 2.75) is 32.4 Å². The number of halogens is 1. The van der Waals surface area contributed by atoms with Gasteiger partial charge in [0.05, 0.1) is 0 Å². The Hall–Kier alpha value is -2.35. The molecule has 1 aromatic carbocycles. The fourth-order valence-corrected chi connectivity index (χ4v) is 2.10. The van der Waals surface area contributed by atoms with Crippen molar-refractivity contribution in [1.29, 1.82) is 0 Å². The van der Waals surface area contributed by atoms with Crippen LogP contribution in [0.25, 0.3) is 0 Å². The van der Waals surface area contributed by atoms with Crippen LogP contribution in [0, 0.1) is 12.7 Å². The number of benzene rings is 1. The van der Waals surface area contributed by atoms with E-state index in [4.69, 9.17) is 5.73 Å². The van der Waals surface area contributed by atoms with E-state index < -0.39 is 6.04 Å². The Balaban J connectivity index is 2.26. The Bertz CT molecular complexity index is 644. The predicted octanol–water partition coefficient (Wildman–Crippen LogP) is 0.368. The van der Waals surface area contributed by atoms with E-state index in [-0.39, 0.29) is 24.2 Å². The zero-order valence-electron chi connectivity index (χ0n) is 12.5. The van der Waals surface area contributed by atoms with Crippen molar-refractivity contribution in [3.8, 4) is 0 Å². The largest absolute Gasteiger partial charge is 0.351 e. The minimum Gasteiger partial charge on any atom is -0.351 e. The third kappa shape index (κ3) is 3.85. The highest BCUT2D eigenvalue weighted by atomic mass is 19.1. The van der Waals surface area contributed by atoms with Gasteiger partial charge in [-0.3, -0.25) is 4.79 Å². The maximum atomic E-state index is 13.3. The lowest BCUT2D eigenvalue weighted by Crippen LogP contribution is -2.43. The monoisotopic (exact) mass is 306 g/mol. The van der Waals surface area contributed by atoms with Gasteiger partial charge in [0.15, 0.2) is 0 Å². The Labute approximate surface area is 127 Å². The first-order valence-electron chi connectivity index (χ1n) is 7.00. The van der Waals surface area contributed by atoms with E-state index in [1.165, 1.54) is 16.8 Å². The molecule has 0 spiro atoms. The first-order valence-corrected chi connectivity index (χ1v) is 7.00. The third-order valence-electron chi connectivity index (χ3n) is 3.32. The van der Waals surface area contributed by atoms with Gasteiger partial charge in [-0.25, -0.2) is 9.07 Å². The van der Waals surface area contributed by atoms with Gasteiger partial charge in [-0.05, 0) is 42.0 Å². The number of nitrogens with zero attached hydrogens (tertiary/aromatic N) is 4. The highest BCUT2D eigenvalue weighted by Gasteiger charge is 2.25. The number of tetrazole rings is 1. The lowest BCUT2D eigenvalue weighted by atomic mass is 10.0. The van der Waals surface area contributed by atoms with Crippen LogP contribution in [-0.4, -0.2) is 38.7 Å². The Morgan fingerprint density at radius 1 is 1.50 bits per heavy atom. The third-order valence-corrected chi connectivity index (χ3v) is 3.32. The Morgan fingerprint density at radius 2 is 2.27 bits per heavy atom. The van der Waals surface area contributed by atoms with E-state index in [1.807, 2.05) is 6.92 Å². The molecule has 0 aliphatic heterocycles. The number of nitrogens with two attached hydrogens (primary N) is 1. The lowest BCUT2D eigenvalue weighted by molar-refractivity contribution is -0.125. The van der Waals surface area contributed by atoms with Crippen molar-refractivity contribution in [1.82, 2.24) is 25.5 Å². The topological polar surface area (TPSA) is 98.7 Å².